The molecular weight excluding hydrogens is 236 g/mol. The van der Waals surface area contributed by atoms with Crippen molar-refractivity contribution in [2.45, 2.75) is 87.2 Å². The monoisotopic (exact) mass is 272 g/mol. The van der Waals surface area contributed by atoms with Crippen molar-refractivity contribution in [1.82, 2.24) is 0 Å². The van der Waals surface area contributed by atoms with E-state index in [1.165, 1.54) is 0 Å². The molecule has 0 rings (SSSR count). The molecule has 0 N–H and O–H groups in total. The molecule has 2 nitrogen and oxygen atoms in total. The van der Waals surface area contributed by atoms with Gasteiger partial charge in [0, 0.05) is 0 Å². The van der Waals surface area contributed by atoms with Crippen molar-refractivity contribution in [3.05, 3.63) is 0 Å². The van der Waals surface area contributed by atoms with E-state index in [0.29, 0.717) is 11.8 Å². The summed E-state index contributed by atoms with van der Waals surface area (Å²) in [5.74, 6) is 1.35. The maximum absolute atomic E-state index is 11.8. The fourth-order valence-corrected chi connectivity index (χ4v) is 1.64. The van der Waals surface area contributed by atoms with Crippen LogP contribution in [0.3, 0.4) is 0 Å². The first-order valence-corrected chi connectivity index (χ1v) is 8.03. The van der Waals surface area contributed by atoms with E-state index in [1.54, 1.807) is 0 Å². The van der Waals surface area contributed by atoms with E-state index in [9.17, 15) is 4.79 Å². The van der Waals surface area contributed by atoms with Crippen LogP contribution in [-0.2, 0) is 9.53 Å². The Balaban J connectivity index is 0. The molecule has 0 bridgehead atoms. The van der Waals surface area contributed by atoms with Gasteiger partial charge in [-0.15, -0.1) is 0 Å². The largest absolute Gasteiger partial charge is 0.462 e. The minimum atomic E-state index is -0.0260. The van der Waals surface area contributed by atoms with E-state index in [2.05, 4.69) is 27.7 Å². The van der Waals surface area contributed by atoms with E-state index in [-0.39, 0.29) is 18.0 Å². The van der Waals surface area contributed by atoms with Crippen molar-refractivity contribution in [3.63, 3.8) is 0 Å². The van der Waals surface area contributed by atoms with Gasteiger partial charge in [0.25, 0.3) is 0 Å². The lowest BCUT2D eigenvalue weighted by Gasteiger charge is -2.18. The zero-order valence-corrected chi connectivity index (χ0v) is 14.5. The number of hydrogen-bond donors (Lipinski definition) is 0. The van der Waals surface area contributed by atoms with Crippen molar-refractivity contribution in [3.8, 4) is 0 Å². The predicted molar refractivity (Wildman–Crippen MR) is 84.2 cm³/mol. The zero-order chi connectivity index (χ0) is 15.4. The lowest BCUT2D eigenvalue weighted by Crippen LogP contribution is -2.21. The van der Waals surface area contributed by atoms with E-state index >= 15 is 0 Å². The Kier molecular flexibility index (Phi) is 13.7. The van der Waals surface area contributed by atoms with E-state index < -0.39 is 0 Å². The summed E-state index contributed by atoms with van der Waals surface area (Å²) in [5.41, 5.74) is 0. The highest BCUT2D eigenvalue weighted by Gasteiger charge is 2.17. The maximum Gasteiger partial charge on any atom is 0.308 e. The number of carbonyl (C=O) groups excluding carboxylic acids is 1. The summed E-state index contributed by atoms with van der Waals surface area (Å²) in [5, 5.41) is 0. The molecule has 0 amide bonds. The minimum absolute atomic E-state index is 0.0260. The van der Waals surface area contributed by atoms with Gasteiger partial charge in [-0.05, 0) is 38.0 Å². The molecule has 0 aliphatic heterocycles. The van der Waals surface area contributed by atoms with Crippen LogP contribution in [0.5, 0.6) is 0 Å². The predicted octanol–water partition coefficient (Wildman–Crippen LogP) is 5.45. The molecule has 0 aromatic carbocycles. The molecule has 19 heavy (non-hydrogen) atoms. The van der Waals surface area contributed by atoms with Gasteiger partial charge in [0.05, 0.1) is 12.0 Å². The normalized spacial score (nSPS) is 13.8. The van der Waals surface area contributed by atoms with E-state index in [4.69, 9.17) is 4.74 Å². The van der Waals surface area contributed by atoms with Crippen LogP contribution in [0.1, 0.15) is 81.1 Å². The number of ether oxygens (including phenoxy) is 1. The van der Waals surface area contributed by atoms with Crippen LogP contribution in [0.4, 0.5) is 0 Å². The molecule has 0 saturated heterocycles. The van der Waals surface area contributed by atoms with Crippen LogP contribution in [0, 0.1) is 17.8 Å². The number of rotatable bonds is 8. The van der Waals surface area contributed by atoms with Crippen LogP contribution >= 0.6 is 0 Å². The smallest absolute Gasteiger partial charge is 0.308 e. The zero-order valence-electron chi connectivity index (χ0n) is 14.5. The molecule has 2 atom stereocenters. The van der Waals surface area contributed by atoms with Crippen molar-refractivity contribution in [2.75, 3.05) is 0 Å². The molecule has 0 aromatic rings. The molecule has 2 heteroatoms. The van der Waals surface area contributed by atoms with Gasteiger partial charge in [0.15, 0.2) is 0 Å². The summed E-state index contributed by atoms with van der Waals surface area (Å²) < 4.78 is 5.46. The van der Waals surface area contributed by atoms with E-state index in [0.717, 1.165) is 25.7 Å². The van der Waals surface area contributed by atoms with Crippen molar-refractivity contribution < 1.29 is 9.53 Å². The summed E-state index contributed by atoms with van der Waals surface area (Å²) >= 11 is 0. The average molecular weight is 272 g/mol. The number of esters is 1. The molecule has 2 unspecified atom stereocenters. The fraction of sp³-hybridized carbons (Fsp3) is 0.941. The Labute approximate surface area is 121 Å². The first-order valence-electron chi connectivity index (χ1n) is 8.03. The number of hydrogen-bond acceptors (Lipinski definition) is 2. The topological polar surface area (TPSA) is 26.3 Å². The lowest BCUT2D eigenvalue weighted by molar-refractivity contribution is -0.153. The summed E-state index contributed by atoms with van der Waals surface area (Å²) in [4.78, 5) is 11.8. The van der Waals surface area contributed by atoms with Crippen LogP contribution in [0.2, 0.25) is 0 Å². The minimum Gasteiger partial charge on any atom is -0.462 e. The molecule has 0 spiro atoms. The molecule has 0 fully saturated rings. The van der Waals surface area contributed by atoms with Crippen LogP contribution in [0.25, 0.3) is 0 Å². The quantitative estimate of drug-likeness (QED) is 0.549. The van der Waals surface area contributed by atoms with Gasteiger partial charge in [-0.3, -0.25) is 4.79 Å². The number of carbonyl (C=O) groups is 1. The SMILES string of the molecule is CC.CC(C)CCC(C)OC(=O)C(C)CCC(C)C. The van der Waals surface area contributed by atoms with Gasteiger partial charge in [-0.2, -0.15) is 0 Å². The van der Waals surface area contributed by atoms with Gasteiger partial charge in [0.1, 0.15) is 0 Å². The molecule has 0 aliphatic carbocycles. The standard InChI is InChI=1S/C15H30O2.C2H6/c1-11(2)7-9-13(5)15(16)17-14(6)10-8-12(3)4;1-2/h11-14H,7-10H2,1-6H3;1-2H3. The molecule has 0 aliphatic rings. The second-order valence-corrected chi connectivity index (χ2v) is 6.09. The average Bonchev–Trinajstić information content (AvgIpc) is 2.35. The Morgan fingerprint density at radius 2 is 1.21 bits per heavy atom. The lowest BCUT2D eigenvalue weighted by atomic mass is 9.99. The van der Waals surface area contributed by atoms with E-state index in [1.807, 2.05) is 27.7 Å². The van der Waals surface area contributed by atoms with Gasteiger partial charge >= 0.3 is 5.97 Å². The van der Waals surface area contributed by atoms with Crippen LogP contribution < -0.4 is 0 Å². The Hall–Kier alpha value is -0.530. The molecule has 0 heterocycles. The highest BCUT2D eigenvalue weighted by Crippen LogP contribution is 2.16. The summed E-state index contributed by atoms with van der Waals surface area (Å²) in [6.07, 6.45) is 4.19. The van der Waals surface area contributed by atoms with Crippen LogP contribution in [0.15, 0.2) is 0 Å². The van der Waals surface area contributed by atoms with Gasteiger partial charge in [0.2, 0.25) is 0 Å². The van der Waals surface area contributed by atoms with Gasteiger partial charge in [-0.25, -0.2) is 0 Å². The first kappa shape index (κ1) is 20.8. The highest BCUT2D eigenvalue weighted by atomic mass is 16.5. The Bertz CT molecular complexity index is 209. The molecule has 0 radical (unpaired) electrons. The fourth-order valence-electron chi connectivity index (χ4n) is 1.64. The van der Waals surface area contributed by atoms with Crippen molar-refractivity contribution >= 4 is 5.97 Å². The second-order valence-electron chi connectivity index (χ2n) is 6.09. The molecule has 116 valence electrons. The third-order valence-electron chi connectivity index (χ3n) is 3.05. The molecular formula is C17H36O2. The third kappa shape index (κ3) is 13.7. The highest BCUT2D eigenvalue weighted by molar-refractivity contribution is 5.72. The van der Waals surface area contributed by atoms with Crippen LogP contribution in [-0.4, -0.2) is 12.1 Å². The van der Waals surface area contributed by atoms with Crippen molar-refractivity contribution in [1.29, 1.82) is 0 Å². The maximum atomic E-state index is 11.8. The molecule has 0 aromatic heterocycles. The summed E-state index contributed by atoms with van der Waals surface area (Å²) in [6, 6.07) is 0. The van der Waals surface area contributed by atoms with Crippen molar-refractivity contribution in [2.24, 2.45) is 17.8 Å². The van der Waals surface area contributed by atoms with Gasteiger partial charge in [-0.1, -0.05) is 54.9 Å². The molecule has 0 saturated carbocycles. The Morgan fingerprint density at radius 1 is 0.789 bits per heavy atom. The first-order chi connectivity index (χ1) is 8.82. The third-order valence-corrected chi connectivity index (χ3v) is 3.05. The summed E-state index contributed by atoms with van der Waals surface area (Å²) in [6.45, 7) is 16.7. The summed E-state index contributed by atoms with van der Waals surface area (Å²) in [7, 11) is 0. The second kappa shape index (κ2) is 12.5. The Morgan fingerprint density at radius 3 is 1.63 bits per heavy atom. The van der Waals surface area contributed by atoms with Gasteiger partial charge < -0.3 is 4.74 Å².